The highest BCUT2D eigenvalue weighted by Gasteiger charge is 2.31. The first-order valence-corrected chi connectivity index (χ1v) is 7.23. The molecule has 0 bridgehead atoms. The van der Waals surface area contributed by atoms with E-state index in [9.17, 15) is 0 Å². The van der Waals surface area contributed by atoms with Crippen molar-refractivity contribution in [2.75, 3.05) is 6.61 Å². The molecule has 3 heteroatoms. The summed E-state index contributed by atoms with van der Waals surface area (Å²) in [6, 6.07) is 10.5. The van der Waals surface area contributed by atoms with Crippen molar-refractivity contribution in [2.45, 2.75) is 25.9 Å². The van der Waals surface area contributed by atoms with Gasteiger partial charge in [0, 0.05) is 10.3 Å². The maximum absolute atomic E-state index is 6.06. The second-order valence-corrected chi connectivity index (χ2v) is 7.04. The van der Waals surface area contributed by atoms with E-state index in [0.717, 1.165) is 10.9 Å². The molecular weight excluding hydrogens is 264 g/mol. The average Bonchev–Trinajstić information content (AvgIpc) is 2.75. The summed E-state index contributed by atoms with van der Waals surface area (Å²) in [4.78, 5) is 1.24. The average molecular weight is 279 g/mol. The zero-order valence-electron chi connectivity index (χ0n) is 10.5. The first kappa shape index (κ1) is 12.2. The normalized spacial score (nSPS) is 17.5. The fourth-order valence-electron chi connectivity index (χ4n) is 2.67. The fraction of sp³-hybridized carbons (Fsp3) is 0.333. The van der Waals surface area contributed by atoms with Crippen LogP contribution in [0, 0.1) is 0 Å². The van der Waals surface area contributed by atoms with Crippen LogP contribution in [0.1, 0.15) is 25.0 Å². The summed E-state index contributed by atoms with van der Waals surface area (Å²) < 4.78 is 6.52. The topological polar surface area (TPSA) is 9.23 Å². The van der Waals surface area contributed by atoms with Gasteiger partial charge in [0.25, 0.3) is 0 Å². The Balaban J connectivity index is 2.22. The highest BCUT2D eigenvalue weighted by molar-refractivity contribution is 7.19. The third kappa shape index (κ3) is 1.99. The van der Waals surface area contributed by atoms with E-state index in [4.69, 9.17) is 16.3 Å². The van der Waals surface area contributed by atoms with Gasteiger partial charge < -0.3 is 4.74 Å². The maximum Gasteiger partial charge on any atom is 0.0934 e. The van der Waals surface area contributed by atoms with Crippen molar-refractivity contribution >= 4 is 22.9 Å². The molecule has 1 aromatic heterocycles. The number of thiophene rings is 1. The van der Waals surface area contributed by atoms with Crippen molar-refractivity contribution in [1.82, 2.24) is 0 Å². The van der Waals surface area contributed by atoms with E-state index >= 15 is 0 Å². The van der Waals surface area contributed by atoms with Crippen LogP contribution in [0.2, 0.25) is 4.34 Å². The van der Waals surface area contributed by atoms with Crippen LogP contribution in [0.4, 0.5) is 0 Å². The molecule has 0 radical (unpaired) electrons. The van der Waals surface area contributed by atoms with Crippen LogP contribution in [-0.2, 0) is 16.8 Å². The van der Waals surface area contributed by atoms with Crippen LogP contribution >= 0.6 is 22.9 Å². The van der Waals surface area contributed by atoms with E-state index in [1.807, 2.05) is 6.07 Å². The van der Waals surface area contributed by atoms with Gasteiger partial charge in [0.15, 0.2) is 0 Å². The Kier molecular flexibility index (Phi) is 2.97. The first-order chi connectivity index (χ1) is 8.58. The number of rotatable bonds is 1. The Hall–Kier alpha value is -0.830. The molecule has 2 heterocycles. The SMILES string of the molecule is CC1(C)COCc2cccc(-c3ccc(Cl)s3)c21. The Morgan fingerprint density at radius 2 is 2.06 bits per heavy atom. The molecule has 0 N–H and O–H groups in total. The lowest BCUT2D eigenvalue weighted by molar-refractivity contribution is 0.0645. The van der Waals surface area contributed by atoms with Crippen LogP contribution < -0.4 is 0 Å². The standard InChI is InChI=1S/C15H15ClOS/c1-15(2)9-17-8-10-4-3-5-11(14(10)15)12-6-7-13(16)18-12/h3-7H,8-9H2,1-2H3. The lowest BCUT2D eigenvalue weighted by Crippen LogP contribution is -2.31. The molecule has 1 nitrogen and oxygen atoms in total. The summed E-state index contributed by atoms with van der Waals surface area (Å²) in [7, 11) is 0. The van der Waals surface area contributed by atoms with Crippen molar-refractivity contribution in [3.05, 3.63) is 45.8 Å². The van der Waals surface area contributed by atoms with Gasteiger partial charge >= 0.3 is 0 Å². The van der Waals surface area contributed by atoms with Crippen LogP contribution in [0.3, 0.4) is 0 Å². The number of halogens is 1. The number of benzene rings is 1. The summed E-state index contributed by atoms with van der Waals surface area (Å²) in [5, 5.41) is 0. The predicted octanol–water partition coefficient (Wildman–Crippen LogP) is 4.88. The molecule has 3 rings (SSSR count). The Morgan fingerprint density at radius 3 is 2.78 bits per heavy atom. The van der Waals surface area contributed by atoms with Crippen LogP contribution in [0.25, 0.3) is 10.4 Å². The van der Waals surface area contributed by atoms with Crippen LogP contribution in [0.5, 0.6) is 0 Å². The van der Waals surface area contributed by atoms with E-state index < -0.39 is 0 Å². The monoisotopic (exact) mass is 278 g/mol. The summed E-state index contributed by atoms with van der Waals surface area (Å²) in [6.07, 6.45) is 0. The third-order valence-electron chi connectivity index (χ3n) is 3.39. The lowest BCUT2D eigenvalue weighted by atomic mass is 9.78. The second kappa shape index (κ2) is 4.37. The summed E-state index contributed by atoms with van der Waals surface area (Å²) in [6.45, 7) is 5.97. The molecule has 0 unspecified atom stereocenters. The molecular formula is C15H15ClOS. The summed E-state index contributed by atoms with van der Waals surface area (Å²) in [5.41, 5.74) is 4.07. The smallest absolute Gasteiger partial charge is 0.0934 e. The zero-order valence-corrected chi connectivity index (χ0v) is 12.1. The van der Waals surface area contributed by atoms with E-state index in [-0.39, 0.29) is 5.41 Å². The van der Waals surface area contributed by atoms with Crippen molar-refractivity contribution in [3.8, 4) is 10.4 Å². The third-order valence-corrected chi connectivity index (χ3v) is 4.65. The summed E-state index contributed by atoms with van der Waals surface area (Å²) >= 11 is 7.70. The fourth-order valence-corrected chi connectivity index (χ4v) is 3.75. The molecule has 0 spiro atoms. The van der Waals surface area contributed by atoms with Crippen molar-refractivity contribution in [2.24, 2.45) is 0 Å². The maximum atomic E-state index is 6.06. The van der Waals surface area contributed by atoms with Gasteiger partial charge in [-0.2, -0.15) is 0 Å². The molecule has 0 amide bonds. The molecule has 0 atom stereocenters. The second-order valence-electron chi connectivity index (χ2n) is 5.32. The largest absolute Gasteiger partial charge is 0.376 e. The van der Waals surface area contributed by atoms with Crippen LogP contribution in [0.15, 0.2) is 30.3 Å². The van der Waals surface area contributed by atoms with Gasteiger partial charge in [-0.15, -0.1) is 11.3 Å². The highest BCUT2D eigenvalue weighted by Crippen LogP contribution is 2.41. The van der Waals surface area contributed by atoms with Gasteiger partial charge in [0.05, 0.1) is 17.6 Å². The molecule has 94 valence electrons. The lowest BCUT2D eigenvalue weighted by Gasteiger charge is -2.34. The van der Waals surface area contributed by atoms with Gasteiger partial charge in [-0.3, -0.25) is 0 Å². The summed E-state index contributed by atoms with van der Waals surface area (Å²) in [5.74, 6) is 0. The first-order valence-electron chi connectivity index (χ1n) is 6.04. The van der Waals surface area contributed by atoms with E-state index in [1.54, 1.807) is 11.3 Å². The van der Waals surface area contributed by atoms with Crippen LogP contribution in [-0.4, -0.2) is 6.61 Å². The number of hydrogen-bond acceptors (Lipinski definition) is 2. The van der Waals surface area contributed by atoms with E-state index in [2.05, 4.69) is 38.1 Å². The zero-order chi connectivity index (χ0) is 12.8. The molecule has 0 saturated carbocycles. The Bertz CT molecular complexity index is 586. The minimum atomic E-state index is 0.0562. The molecule has 0 saturated heterocycles. The van der Waals surface area contributed by atoms with E-state index in [1.165, 1.54) is 21.6 Å². The molecule has 1 aliphatic rings. The molecule has 0 aliphatic carbocycles. The molecule has 0 fully saturated rings. The van der Waals surface area contributed by atoms with Gasteiger partial charge in [0.1, 0.15) is 0 Å². The predicted molar refractivity (Wildman–Crippen MR) is 77.4 cm³/mol. The Labute approximate surface area is 116 Å². The van der Waals surface area contributed by atoms with Gasteiger partial charge in [0.2, 0.25) is 0 Å². The van der Waals surface area contributed by atoms with Crippen molar-refractivity contribution in [3.63, 3.8) is 0 Å². The van der Waals surface area contributed by atoms with Gasteiger partial charge in [-0.25, -0.2) is 0 Å². The minimum absolute atomic E-state index is 0.0562. The quantitative estimate of drug-likeness (QED) is 0.723. The number of fused-ring (bicyclic) bond motifs is 1. The van der Waals surface area contributed by atoms with E-state index in [0.29, 0.717) is 6.61 Å². The highest BCUT2D eigenvalue weighted by atomic mass is 35.5. The minimum Gasteiger partial charge on any atom is -0.376 e. The number of hydrogen-bond donors (Lipinski definition) is 0. The molecule has 2 aromatic rings. The number of ether oxygens (including phenoxy) is 1. The van der Waals surface area contributed by atoms with Gasteiger partial charge in [-0.1, -0.05) is 43.6 Å². The molecule has 1 aliphatic heterocycles. The van der Waals surface area contributed by atoms with Gasteiger partial charge in [-0.05, 0) is 28.8 Å². The Morgan fingerprint density at radius 1 is 1.22 bits per heavy atom. The van der Waals surface area contributed by atoms with Crippen molar-refractivity contribution < 1.29 is 4.74 Å². The van der Waals surface area contributed by atoms with Crippen molar-refractivity contribution in [1.29, 1.82) is 0 Å². The molecule has 18 heavy (non-hydrogen) atoms. The molecule has 1 aromatic carbocycles.